The molecule has 0 saturated carbocycles. The lowest BCUT2D eigenvalue weighted by Gasteiger charge is -2.19. The highest BCUT2D eigenvalue weighted by Gasteiger charge is 2.21. The number of hydrogen-bond acceptors (Lipinski definition) is 3. The van der Waals surface area contributed by atoms with E-state index < -0.39 is 0 Å². The Morgan fingerprint density at radius 3 is 2.65 bits per heavy atom. The van der Waals surface area contributed by atoms with Gasteiger partial charge in [-0.25, -0.2) is 0 Å². The fourth-order valence-corrected chi connectivity index (χ4v) is 1.80. The Kier molecular flexibility index (Phi) is 5.77. The summed E-state index contributed by atoms with van der Waals surface area (Å²) in [6.45, 7) is 4.46. The molecule has 0 fully saturated rings. The van der Waals surface area contributed by atoms with Crippen molar-refractivity contribution in [3.8, 4) is 0 Å². The van der Waals surface area contributed by atoms with E-state index in [1.807, 2.05) is 19.9 Å². The molecule has 4 nitrogen and oxygen atoms in total. The van der Waals surface area contributed by atoms with Crippen LogP contribution in [-0.2, 0) is 9.53 Å². The monoisotopic (exact) mass is 239 g/mol. The SMILES string of the molecule is CCC(CC)C(=O)N[C@H](COC)c1ccco1. The average molecular weight is 239 g/mol. The molecule has 96 valence electrons. The number of ether oxygens (including phenoxy) is 1. The summed E-state index contributed by atoms with van der Waals surface area (Å²) >= 11 is 0. The smallest absolute Gasteiger partial charge is 0.223 e. The number of nitrogens with one attached hydrogen (secondary N) is 1. The van der Waals surface area contributed by atoms with Crippen LogP contribution in [0.3, 0.4) is 0 Å². The van der Waals surface area contributed by atoms with Gasteiger partial charge in [-0.3, -0.25) is 4.79 Å². The summed E-state index contributed by atoms with van der Waals surface area (Å²) < 4.78 is 10.4. The maximum atomic E-state index is 12.0. The van der Waals surface area contributed by atoms with Crippen LogP contribution >= 0.6 is 0 Å². The van der Waals surface area contributed by atoms with Crippen molar-refractivity contribution in [3.63, 3.8) is 0 Å². The van der Waals surface area contributed by atoms with Crippen LogP contribution in [-0.4, -0.2) is 19.6 Å². The third kappa shape index (κ3) is 3.89. The van der Waals surface area contributed by atoms with Gasteiger partial charge in [-0.05, 0) is 25.0 Å². The molecule has 0 aliphatic heterocycles. The highest BCUT2D eigenvalue weighted by atomic mass is 16.5. The molecule has 1 aromatic heterocycles. The first-order valence-electron chi connectivity index (χ1n) is 6.05. The maximum Gasteiger partial charge on any atom is 0.223 e. The first-order valence-corrected chi connectivity index (χ1v) is 6.05. The highest BCUT2D eigenvalue weighted by molar-refractivity contribution is 5.78. The third-order valence-electron chi connectivity index (χ3n) is 2.89. The minimum absolute atomic E-state index is 0.0596. The van der Waals surface area contributed by atoms with Crippen LogP contribution in [0.25, 0.3) is 0 Å². The quantitative estimate of drug-likeness (QED) is 0.795. The van der Waals surface area contributed by atoms with Crippen LogP contribution in [0.4, 0.5) is 0 Å². The van der Waals surface area contributed by atoms with Crippen molar-refractivity contribution in [2.24, 2.45) is 5.92 Å². The number of hydrogen-bond donors (Lipinski definition) is 1. The fourth-order valence-electron chi connectivity index (χ4n) is 1.80. The molecule has 0 spiro atoms. The van der Waals surface area contributed by atoms with Gasteiger partial charge < -0.3 is 14.5 Å². The number of furan rings is 1. The van der Waals surface area contributed by atoms with Gasteiger partial charge in [-0.15, -0.1) is 0 Å². The molecule has 1 N–H and O–H groups in total. The van der Waals surface area contributed by atoms with Crippen LogP contribution in [0.5, 0.6) is 0 Å². The third-order valence-corrected chi connectivity index (χ3v) is 2.89. The van der Waals surface area contributed by atoms with Gasteiger partial charge in [0.2, 0.25) is 5.91 Å². The molecule has 0 aliphatic rings. The van der Waals surface area contributed by atoms with Crippen molar-refractivity contribution >= 4 is 5.91 Å². The summed E-state index contributed by atoms with van der Waals surface area (Å²) in [6.07, 6.45) is 3.29. The number of carbonyl (C=O) groups is 1. The Morgan fingerprint density at radius 2 is 2.18 bits per heavy atom. The van der Waals surface area contributed by atoms with Crippen molar-refractivity contribution < 1.29 is 13.9 Å². The molecule has 0 unspecified atom stereocenters. The largest absolute Gasteiger partial charge is 0.467 e. The second-order valence-corrected chi connectivity index (χ2v) is 4.05. The highest BCUT2D eigenvalue weighted by Crippen LogP contribution is 2.16. The molecule has 0 radical (unpaired) electrons. The van der Waals surface area contributed by atoms with Gasteiger partial charge >= 0.3 is 0 Å². The lowest BCUT2D eigenvalue weighted by atomic mass is 10.0. The molecular weight excluding hydrogens is 218 g/mol. The van der Waals surface area contributed by atoms with Crippen LogP contribution < -0.4 is 5.32 Å². The Bertz CT molecular complexity index is 317. The second kappa shape index (κ2) is 7.12. The fraction of sp³-hybridized carbons (Fsp3) is 0.615. The van der Waals surface area contributed by atoms with E-state index in [-0.39, 0.29) is 17.9 Å². The lowest BCUT2D eigenvalue weighted by molar-refractivity contribution is -0.126. The molecule has 0 bridgehead atoms. The Hall–Kier alpha value is -1.29. The minimum Gasteiger partial charge on any atom is -0.467 e. The van der Waals surface area contributed by atoms with Crippen LogP contribution in [0.1, 0.15) is 38.5 Å². The van der Waals surface area contributed by atoms with Crippen molar-refractivity contribution in [2.75, 3.05) is 13.7 Å². The molecule has 1 atom stereocenters. The van der Waals surface area contributed by atoms with E-state index in [1.54, 1.807) is 19.4 Å². The van der Waals surface area contributed by atoms with E-state index in [0.717, 1.165) is 18.6 Å². The standard InChI is InChI=1S/C13H21NO3/c1-4-10(5-2)13(15)14-11(9-16-3)12-7-6-8-17-12/h6-8,10-11H,4-5,9H2,1-3H3,(H,14,15)/t11-/m1/s1. The molecule has 1 rings (SSSR count). The molecule has 1 amide bonds. The van der Waals surface area contributed by atoms with E-state index in [1.165, 1.54) is 0 Å². The van der Waals surface area contributed by atoms with Gasteiger partial charge in [0.1, 0.15) is 11.8 Å². The van der Waals surface area contributed by atoms with E-state index >= 15 is 0 Å². The predicted octanol–water partition coefficient (Wildman–Crippen LogP) is 2.52. The van der Waals surface area contributed by atoms with Crippen LogP contribution in [0.2, 0.25) is 0 Å². The summed E-state index contributed by atoms with van der Waals surface area (Å²) in [5.41, 5.74) is 0. The predicted molar refractivity (Wildman–Crippen MR) is 65.5 cm³/mol. The lowest BCUT2D eigenvalue weighted by Crippen LogP contribution is -2.35. The zero-order valence-corrected chi connectivity index (χ0v) is 10.7. The summed E-state index contributed by atoms with van der Waals surface area (Å²) in [4.78, 5) is 12.0. The topological polar surface area (TPSA) is 51.5 Å². The second-order valence-electron chi connectivity index (χ2n) is 4.05. The van der Waals surface area contributed by atoms with E-state index in [0.29, 0.717) is 6.61 Å². The Balaban J connectivity index is 2.64. The Morgan fingerprint density at radius 1 is 1.47 bits per heavy atom. The summed E-state index contributed by atoms with van der Waals surface area (Å²) in [6, 6.07) is 3.45. The zero-order valence-electron chi connectivity index (χ0n) is 10.7. The van der Waals surface area contributed by atoms with Crippen molar-refractivity contribution in [1.29, 1.82) is 0 Å². The van der Waals surface area contributed by atoms with Gasteiger partial charge in [0.05, 0.1) is 12.9 Å². The van der Waals surface area contributed by atoms with E-state index in [4.69, 9.17) is 9.15 Å². The molecular formula is C13H21NO3. The molecule has 17 heavy (non-hydrogen) atoms. The van der Waals surface area contributed by atoms with Gasteiger partial charge in [0, 0.05) is 13.0 Å². The van der Waals surface area contributed by atoms with Gasteiger partial charge in [-0.2, -0.15) is 0 Å². The number of rotatable bonds is 7. The Labute approximate surface area is 102 Å². The summed E-state index contributed by atoms with van der Waals surface area (Å²) in [5.74, 6) is 0.851. The van der Waals surface area contributed by atoms with Gasteiger partial charge in [0.25, 0.3) is 0 Å². The molecule has 0 aliphatic carbocycles. The van der Waals surface area contributed by atoms with Crippen molar-refractivity contribution in [2.45, 2.75) is 32.7 Å². The normalized spacial score (nSPS) is 12.7. The first-order chi connectivity index (χ1) is 8.22. The summed E-state index contributed by atoms with van der Waals surface area (Å²) in [5, 5.41) is 2.96. The molecule has 0 aromatic carbocycles. The van der Waals surface area contributed by atoms with Gasteiger partial charge in [-0.1, -0.05) is 13.8 Å². The van der Waals surface area contributed by atoms with E-state index in [2.05, 4.69) is 5.32 Å². The van der Waals surface area contributed by atoms with Crippen LogP contribution in [0.15, 0.2) is 22.8 Å². The number of carbonyl (C=O) groups excluding carboxylic acids is 1. The minimum atomic E-state index is -0.205. The maximum absolute atomic E-state index is 12.0. The summed E-state index contributed by atoms with van der Waals surface area (Å²) in [7, 11) is 1.61. The molecule has 4 heteroatoms. The zero-order chi connectivity index (χ0) is 12.7. The molecule has 1 heterocycles. The van der Waals surface area contributed by atoms with Crippen molar-refractivity contribution in [3.05, 3.63) is 24.2 Å². The first kappa shape index (κ1) is 13.8. The average Bonchev–Trinajstić information content (AvgIpc) is 2.83. The number of methoxy groups -OCH3 is 1. The van der Waals surface area contributed by atoms with Crippen molar-refractivity contribution in [1.82, 2.24) is 5.32 Å². The van der Waals surface area contributed by atoms with E-state index in [9.17, 15) is 4.79 Å². The van der Waals surface area contributed by atoms with Gasteiger partial charge in [0.15, 0.2) is 0 Å². The van der Waals surface area contributed by atoms with Crippen LogP contribution in [0, 0.1) is 5.92 Å². The molecule has 1 aromatic rings. The number of amides is 1. The molecule has 0 saturated heterocycles.